The molecule has 0 spiro atoms. The van der Waals surface area contributed by atoms with Crippen LogP contribution in [-0.2, 0) is 17.9 Å². The molecule has 0 aliphatic heterocycles. The highest BCUT2D eigenvalue weighted by Gasteiger charge is 2.14. The summed E-state index contributed by atoms with van der Waals surface area (Å²) < 4.78 is 7.85. The predicted molar refractivity (Wildman–Crippen MR) is 82.0 cm³/mol. The van der Waals surface area contributed by atoms with E-state index in [-0.39, 0.29) is 0 Å². The first-order valence-electron chi connectivity index (χ1n) is 5.90. The fourth-order valence-electron chi connectivity index (χ4n) is 1.72. The Morgan fingerprint density at radius 2 is 2.21 bits per heavy atom. The SMILES string of the molecule is CCCn1nccc1-c1nc(Cl)c(I)c(COC)n1. The molecule has 0 aliphatic rings. The molecule has 0 unspecified atom stereocenters. The quantitative estimate of drug-likeness (QED) is 0.579. The van der Waals surface area contributed by atoms with Crippen LogP contribution < -0.4 is 0 Å². The second-order valence-corrected chi connectivity index (χ2v) is 5.41. The Kier molecular flexibility index (Phi) is 5.12. The highest BCUT2D eigenvalue weighted by atomic mass is 127. The Bertz CT molecular complexity index is 573. The normalized spacial score (nSPS) is 10.9. The molecular formula is C12H14ClIN4O. The van der Waals surface area contributed by atoms with Gasteiger partial charge >= 0.3 is 0 Å². The maximum atomic E-state index is 6.16. The molecule has 0 saturated heterocycles. The van der Waals surface area contributed by atoms with Gasteiger partial charge in [-0.2, -0.15) is 5.10 Å². The summed E-state index contributed by atoms with van der Waals surface area (Å²) in [7, 11) is 1.63. The van der Waals surface area contributed by atoms with E-state index in [1.165, 1.54) is 0 Å². The molecule has 0 radical (unpaired) electrons. The second-order valence-electron chi connectivity index (χ2n) is 3.97. The van der Waals surface area contributed by atoms with E-state index in [1.54, 1.807) is 13.3 Å². The molecule has 7 heteroatoms. The molecule has 102 valence electrons. The van der Waals surface area contributed by atoms with E-state index in [9.17, 15) is 0 Å². The number of hydrogen-bond donors (Lipinski definition) is 0. The Balaban J connectivity index is 2.47. The van der Waals surface area contributed by atoms with Gasteiger partial charge < -0.3 is 4.74 Å². The van der Waals surface area contributed by atoms with E-state index in [0.717, 1.165) is 27.9 Å². The van der Waals surface area contributed by atoms with Crippen LogP contribution in [0.2, 0.25) is 5.15 Å². The van der Waals surface area contributed by atoms with Crippen molar-refractivity contribution in [1.29, 1.82) is 0 Å². The highest BCUT2D eigenvalue weighted by molar-refractivity contribution is 14.1. The predicted octanol–water partition coefficient (Wildman–Crippen LogP) is 3.15. The van der Waals surface area contributed by atoms with Crippen LogP contribution in [0.3, 0.4) is 0 Å². The van der Waals surface area contributed by atoms with Crippen molar-refractivity contribution >= 4 is 34.2 Å². The number of aromatic nitrogens is 4. The molecule has 0 bridgehead atoms. The van der Waals surface area contributed by atoms with Gasteiger partial charge in [0, 0.05) is 19.9 Å². The lowest BCUT2D eigenvalue weighted by molar-refractivity contribution is 0.181. The van der Waals surface area contributed by atoms with Crippen LogP contribution in [-0.4, -0.2) is 26.9 Å². The zero-order valence-corrected chi connectivity index (χ0v) is 13.6. The van der Waals surface area contributed by atoms with Gasteiger partial charge in [-0.25, -0.2) is 9.97 Å². The van der Waals surface area contributed by atoms with E-state index in [0.29, 0.717) is 17.6 Å². The molecule has 19 heavy (non-hydrogen) atoms. The fourth-order valence-corrected chi connectivity index (χ4v) is 2.31. The van der Waals surface area contributed by atoms with Gasteiger partial charge in [0.1, 0.15) is 10.8 Å². The number of ether oxygens (including phenoxy) is 1. The summed E-state index contributed by atoms with van der Waals surface area (Å²) in [6.07, 6.45) is 2.74. The minimum atomic E-state index is 0.412. The lowest BCUT2D eigenvalue weighted by atomic mass is 10.3. The standard InChI is InChI=1S/C12H14ClIN4O/c1-3-6-18-9(4-5-15-18)12-16-8(7-19-2)10(14)11(13)17-12/h4-5H,3,6-7H2,1-2H3. The summed E-state index contributed by atoms with van der Waals surface area (Å²) in [5.41, 5.74) is 1.67. The first kappa shape index (κ1) is 14.7. The number of halogens is 2. The lowest BCUT2D eigenvalue weighted by Crippen LogP contribution is -2.06. The van der Waals surface area contributed by atoms with Crippen molar-refractivity contribution in [2.75, 3.05) is 7.11 Å². The third-order valence-corrected chi connectivity index (χ3v) is 4.27. The summed E-state index contributed by atoms with van der Waals surface area (Å²) in [6.45, 7) is 3.34. The number of nitrogens with zero attached hydrogens (tertiary/aromatic N) is 4. The van der Waals surface area contributed by atoms with Gasteiger partial charge in [0.05, 0.1) is 15.9 Å². The van der Waals surface area contributed by atoms with Crippen molar-refractivity contribution in [3.05, 3.63) is 26.7 Å². The largest absolute Gasteiger partial charge is 0.378 e. The van der Waals surface area contributed by atoms with Gasteiger partial charge in [-0.1, -0.05) is 18.5 Å². The fraction of sp³-hybridized carbons (Fsp3) is 0.417. The monoisotopic (exact) mass is 392 g/mol. The summed E-state index contributed by atoms with van der Waals surface area (Å²) in [4.78, 5) is 8.85. The molecule has 0 aliphatic carbocycles. The highest BCUT2D eigenvalue weighted by Crippen LogP contribution is 2.24. The first-order valence-corrected chi connectivity index (χ1v) is 7.36. The van der Waals surface area contributed by atoms with Crippen LogP contribution in [0.15, 0.2) is 12.3 Å². The van der Waals surface area contributed by atoms with Gasteiger partial charge in [-0.3, -0.25) is 4.68 Å². The Morgan fingerprint density at radius 1 is 1.42 bits per heavy atom. The lowest BCUT2D eigenvalue weighted by Gasteiger charge is -2.09. The maximum absolute atomic E-state index is 6.16. The molecular weight excluding hydrogens is 379 g/mol. The third-order valence-electron chi connectivity index (χ3n) is 2.54. The van der Waals surface area contributed by atoms with Crippen LogP contribution in [0.5, 0.6) is 0 Å². The minimum absolute atomic E-state index is 0.412. The van der Waals surface area contributed by atoms with E-state index in [4.69, 9.17) is 16.3 Å². The van der Waals surface area contributed by atoms with E-state index < -0.39 is 0 Å². The molecule has 0 fully saturated rings. The number of rotatable bonds is 5. The molecule has 0 amide bonds. The number of methoxy groups -OCH3 is 1. The molecule has 0 N–H and O–H groups in total. The minimum Gasteiger partial charge on any atom is -0.378 e. The van der Waals surface area contributed by atoms with Crippen LogP contribution in [0.1, 0.15) is 19.0 Å². The molecule has 2 heterocycles. The van der Waals surface area contributed by atoms with Crippen LogP contribution >= 0.6 is 34.2 Å². The topological polar surface area (TPSA) is 52.8 Å². The van der Waals surface area contributed by atoms with Crippen molar-refractivity contribution < 1.29 is 4.74 Å². The molecule has 0 saturated carbocycles. The van der Waals surface area contributed by atoms with Gasteiger partial charge in [0.25, 0.3) is 0 Å². The van der Waals surface area contributed by atoms with Gasteiger partial charge in [0.15, 0.2) is 5.82 Å². The van der Waals surface area contributed by atoms with Gasteiger partial charge in [0.2, 0.25) is 0 Å². The Hall–Kier alpha value is -0.730. The van der Waals surface area contributed by atoms with Crippen LogP contribution in [0.25, 0.3) is 11.5 Å². The number of aryl methyl sites for hydroxylation is 1. The van der Waals surface area contributed by atoms with E-state index >= 15 is 0 Å². The van der Waals surface area contributed by atoms with Crippen LogP contribution in [0.4, 0.5) is 0 Å². The summed E-state index contributed by atoms with van der Waals surface area (Å²) >= 11 is 8.29. The molecule has 2 aromatic rings. The maximum Gasteiger partial charge on any atom is 0.179 e. The molecule has 5 nitrogen and oxygen atoms in total. The van der Waals surface area contributed by atoms with Gasteiger partial charge in [-0.05, 0) is 35.1 Å². The third kappa shape index (κ3) is 3.24. The molecule has 0 atom stereocenters. The second kappa shape index (κ2) is 6.62. The zero-order chi connectivity index (χ0) is 13.8. The van der Waals surface area contributed by atoms with Crippen molar-refractivity contribution in [2.45, 2.75) is 26.5 Å². The zero-order valence-electron chi connectivity index (χ0n) is 10.7. The number of hydrogen-bond acceptors (Lipinski definition) is 4. The molecule has 2 rings (SSSR count). The van der Waals surface area contributed by atoms with Crippen molar-refractivity contribution in [3.63, 3.8) is 0 Å². The molecule has 2 aromatic heterocycles. The smallest absolute Gasteiger partial charge is 0.179 e. The average Bonchev–Trinajstić information content (AvgIpc) is 2.84. The van der Waals surface area contributed by atoms with Gasteiger partial charge in [-0.15, -0.1) is 0 Å². The average molecular weight is 393 g/mol. The van der Waals surface area contributed by atoms with Crippen LogP contribution in [0, 0.1) is 3.57 Å². The molecule has 0 aromatic carbocycles. The summed E-state index contributed by atoms with van der Waals surface area (Å²) in [5.74, 6) is 0.586. The van der Waals surface area contributed by atoms with Crippen molar-refractivity contribution in [3.8, 4) is 11.5 Å². The summed E-state index contributed by atoms with van der Waals surface area (Å²) in [6, 6.07) is 1.89. The Morgan fingerprint density at radius 3 is 2.89 bits per heavy atom. The van der Waals surface area contributed by atoms with Crippen molar-refractivity contribution in [2.24, 2.45) is 0 Å². The first-order chi connectivity index (χ1) is 9.17. The van der Waals surface area contributed by atoms with E-state index in [1.807, 2.05) is 10.7 Å². The summed E-state index contributed by atoms with van der Waals surface area (Å²) in [5, 5.41) is 4.72. The van der Waals surface area contributed by atoms with Crippen molar-refractivity contribution in [1.82, 2.24) is 19.7 Å². The van der Waals surface area contributed by atoms with E-state index in [2.05, 4.69) is 44.6 Å². The Labute approximate surface area is 130 Å².